The minimum atomic E-state index is -0.705. The second-order valence-corrected chi connectivity index (χ2v) is 3.77. The lowest BCUT2D eigenvalue weighted by Gasteiger charge is -2.13. The molecule has 0 saturated heterocycles. The highest BCUT2D eigenvalue weighted by Gasteiger charge is 2.18. The van der Waals surface area contributed by atoms with Crippen LogP contribution in [0.1, 0.15) is 20.7 Å². The van der Waals surface area contributed by atoms with Crippen molar-refractivity contribution in [2.24, 2.45) is 11.5 Å². The van der Waals surface area contributed by atoms with Crippen molar-refractivity contribution in [2.45, 2.75) is 0 Å². The maximum atomic E-state index is 11.4. The minimum absolute atomic E-state index is 0.0934. The van der Waals surface area contributed by atoms with Gasteiger partial charge < -0.3 is 20.9 Å². The van der Waals surface area contributed by atoms with Crippen LogP contribution >= 0.6 is 0 Å². The van der Waals surface area contributed by atoms with Crippen molar-refractivity contribution in [3.8, 4) is 11.5 Å². The van der Waals surface area contributed by atoms with E-state index in [2.05, 4.69) is 13.2 Å². The first-order valence-electron chi connectivity index (χ1n) is 5.76. The molecule has 1 aromatic rings. The Kier molecular flexibility index (Phi) is 5.34. The Morgan fingerprint density at radius 3 is 1.55 bits per heavy atom. The Morgan fingerprint density at radius 2 is 1.30 bits per heavy atom. The quantitative estimate of drug-likeness (QED) is 0.691. The Balaban J connectivity index is 3.33. The van der Waals surface area contributed by atoms with Gasteiger partial charge in [-0.2, -0.15) is 0 Å². The summed E-state index contributed by atoms with van der Waals surface area (Å²) < 4.78 is 10.6. The monoisotopic (exact) mass is 276 g/mol. The van der Waals surface area contributed by atoms with E-state index in [1.54, 1.807) is 0 Å². The Labute approximate surface area is 116 Å². The fourth-order valence-electron chi connectivity index (χ4n) is 1.48. The van der Waals surface area contributed by atoms with Crippen molar-refractivity contribution in [3.63, 3.8) is 0 Å². The van der Waals surface area contributed by atoms with Crippen LogP contribution in [0.15, 0.2) is 37.4 Å². The average molecular weight is 276 g/mol. The molecule has 0 aliphatic carbocycles. The number of carbonyl (C=O) groups is 2. The SMILES string of the molecule is C=CCOc1cc(C(N)=O)c(OCC=C)cc1C(N)=O. The van der Waals surface area contributed by atoms with Crippen LogP contribution in [-0.2, 0) is 0 Å². The van der Waals surface area contributed by atoms with E-state index >= 15 is 0 Å². The van der Waals surface area contributed by atoms with E-state index in [0.29, 0.717) is 0 Å². The summed E-state index contributed by atoms with van der Waals surface area (Å²) in [5.74, 6) is -1.11. The lowest BCUT2D eigenvalue weighted by Crippen LogP contribution is -2.18. The highest BCUT2D eigenvalue weighted by molar-refractivity contribution is 6.01. The smallest absolute Gasteiger partial charge is 0.252 e. The maximum absolute atomic E-state index is 11.4. The number of primary amides is 2. The van der Waals surface area contributed by atoms with E-state index < -0.39 is 11.8 Å². The van der Waals surface area contributed by atoms with Crippen LogP contribution in [0.4, 0.5) is 0 Å². The number of rotatable bonds is 8. The van der Waals surface area contributed by atoms with Gasteiger partial charge in [-0.25, -0.2) is 0 Å². The van der Waals surface area contributed by atoms with Gasteiger partial charge in [0, 0.05) is 0 Å². The van der Waals surface area contributed by atoms with E-state index in [4.69, 9.17) is 20.9 Å². The van der Waals surface area contributed by atoms with Gasteiger partial charge in [-0.3, -0.25) is 9.59 Å². The maximum Gasteiger partial charge on any atom is 0.252 e. The molecule has 6 nitrogen and oxygen atoms in total. The first kappa shape index (κ1) is 15.3. The molecule has 0 bridgehead atoms. The summed E-state index contributed by atoms with van der Waals surface area (Å²) in [5.41, 5.74) is 10.7. The van der Waals surface area contributed by atoms with Crippen molar-refractivity contribution >= 4 is 11.8 Å². The third kappa shape index (κ3) is 3.61. The predicted molar refractivity (Wildman–Crippen MR) is 74.9 cm³/mol. The minimum Gasteiger partial charge on any atom is -0.489 e. The lowest BCUT2D eigenvalue weighted by molar-refractivity contribution is 0.0982. The fraction of sp³-hybridized carbons (Fsp3) is 0.143. The van der Waals surface area contributed by atoms with Crippen LogP contribution in [0.2, 0.25) is 0 Å². The number of hydrogen-bond donors (Lipinski definition) is 2. The highest BCUT2D eigenvalue weighted by Crippen LogP contribution is 2.29. The molecule has 0 fully saturated rings. The van der Waals surface area contributed by atoms with Crippen LogP contribution in [0.3, 0.4) is 0 Å². The van der Waals surface area contributed by atoms with Gasteiger partial charge in [0.2, 0.25) is 0 Å². The van der Waals surface area contributed by atoms with Gasteiger partial charge in [-0.05, 0) is 12.1 Å². The van der Waals surface area contributed by atoms with Crippen LogP contribution in [-0.4, -0.2) is 25.0 Å². The van der Waals surface area contributed by atoms with Gasteiger partial charge in [0.25, 0.3) is 11.8 Å². The Morgan fingerprint density at radius 1 is 0.950 bits per heavy atom. The lowest BCUT2D eigenvalue weighted by atomic mass is 10.1. The summed E-state index contributed by atoms with van der Waals surface area (Å²) in [4.78, 5) is 22.8. The molecule has 0 radical (unpaired) electrons. The zero-order valence-corrected chi connectivity index (χ0v) is 10.9. The van der Waals surface area contributed by atoms with Crippen molar-refractivity contribution in [1.82, 2.24) is 0 Å². The molecule has 0 atom stereocenters. The summed E-state index contributed by atoms with van der Waals surface area (Å²) >= 11 is 0. The zero-order chi connectivity index (χ0) is 15.1. The van der Waals surface area contributed by atoms with Crippen LogP contribution in [0.25, 0.3) is 0 Å². The van der Waals surface area contributed by atoms with Crippen molar-refractivity contribution in [2.75, 3.05) is 13.2 Å². The fourth-order valence-corrected chi connectivity index (χ4v) is 1.48. The van der Waals surface area contributed by atoms with Crippen molar-refractivity contribution < 1.29 is 19.1 Å². The van der Waals surface area contributed by atoms with Crippen LogP contribution < -0.4 is 20.9 Å². The Bertz CT molecular complexity index is 503. The van der Waals surface area contributed by atoms with Crippen LogP contribution in [0.5, 0.6) is 11.5 Å². The van der Waals surface area contributed by atoms with Gasteiger partial charge in [0.05, 0.1) is 11.1 Å². The van der Waals surface area contributed by atoms with E-state index in [1.165, 1.54) is 24.3 Å². The van der Waals surface area contributed by atoms with E-state index in [0.717, 1.165) is 0 Å². The molecule has 6 heteroatoms. The standard InChI is InChI=1S/C14H16N2O4/c1-3-5-19-11-7-10(14(16)18)12(20-6-4-2)8-9(11)13(15)17/h3-4,7-8H,1-2,5-6H2,(H2,15,17)(H2,16,18). The first-order chi connectivity index (χ1) is 9.51. The molecule has 1 rings (SSSR count). The molecular weight excluding hydrogens is 260 g/mol. The average Bonchev–Trinajstić information content (AvgIpc) is 2.42. The number of ether oxygens (including phenoxy) is 2. The summed E-state index contributed by atoms with van der Waals surface area (Å²) in [7, 11) is 0. The number of benzene rings is 1. The number of amides is 2. The third-order valence-electron chi connectivity index (χ3n) is 2.33. The number of nitrogens with two attached hydrogens (primary N) is 2. The predicted octanol–water partition coefficient (Wildman–Crippen LogP) is 1.01. The second-order valence-electron chi connectivity index (χ2n) is 3.77. The third-order valence-corrected chi connectivity index (χ3v) is 2.33. The van der Waals surface area contributed by atoms with E-state index in [9.17, 15) is 9.59 Å². The largest absolute Gasteiger partial charge is 0.489 e. The molecule has 0 saturated carbocycles. The topological polar surface area (TPSA) is 105 Å². The molecular formula is C14H16N2O4. The number of hydrogen-bond acceptors (Lipinski definition) is 4. The molecule has 0 heterocycles. The van der Waals surface area contributed by atoms with Gasteiger partial charge in [-0.1, -0.05) is 25.3 Å². The summed E-state index contributed by atoms with van der Waals surface area (Å²) in [6.45, 7) is 7.31. The first-order valence-corrected chi connectivity index (χ1v) is 5.76. The molecule has 1 aromatic carbocycles. The van der Waals surface area contributed by atoms with E-state index in [-0.39, 0.29) is 35.8 Å². The van der Waals surface area contributed by atoms with Gasteiger partial charge in [-0.15, -0.1) is 0 Å². The molecule has 0 aliphatic heterocycles. The van der Waals surface area contributed by atoms with Gasteiger partial charge in [0.1, 0.15) is 24.7 Å². The zero-order valence-electron chi connectivity index (χ0n) is 10.9. The summed E-state index contributed by atoms with van der Waals surface area (Å²) in [6, 6.07) is 2.65. The van der Waals surface area contributed by atoms with Gasteiger partial charge >= 0.3 is 0 Å². The van der Waals surface area contributed by atoms with Crippen LogP contribution in [0, 0.1) is 0 Å². The highest BCUT2D eigenvalue weighted by atomic mass is 16.5. The summed E-state index contributed by atoms with van der Waals surface area (Å²) in [6.07, 6.45) is 2.99. The molecule has 4 N–H and O–H groups in total. The molecule has 2 amide bonds. The van der Waals surface area contributed by atoms with Crippen molar-refractivity contribution in [3.05, 3.63) is 48.6 Å². The molecule has 0 aliphatic rings. The molecule has 20 heavy (non-hydrogen) atoms. The Hall–Kier alpha value is -2.76. The molecule has 0 aromatic heterocycles. The normalized spacial score (nSPS) is 9.60. The molecule has 106 valence electrons. The van der Waals surface area contributed by atoms with Crippen molar-refractivity contribution in [1.29, 1.82) is 0 Å². The summed E-state index contributed by atoms with van der Waals surface area (Å²) in [5, 5.41) is 0. The van der Waals surface area contributed by atoms with E-state index in [1.807, 2.05) is 0 Å². The molecule has 0 spiro atoms. The molecule has 0 unspecified atom stereocenters. The van der Waals surface area contributed by atoms with Gasteiger partial charge in [0.15, 0.2) is 0 Å². The number of carbonyl (C=O) groups excluding carboxylic acids is 2. The second kappa shape index (κ2) is 6.98.